The molecule has 8 heteroatoms. The molecular weight excluding hydrogens is 1340 g/mol. The summed E-state index contributed by atoms with van der Waals surface area (Å²) >= 11 is 0. The molecule has 0 saturated carbocycles. The summed E-state index contributed by atoms with van der Waals surface area (Å²) in [6.07, 6.45) is 5.51. The third kappa shape index (κ3) is 12.5. The third-order valence-corrected chi connectivity index (χ3v) is 19.0. The summed E-state index contributed by atoms with van der Waals surface area (Å²) in [7, 11) is 0. The molecule has 1 radical (unpaired) electrons. The number of benzene rings is 12. The molecule has 3 aliphatic rings. The van der Waals surface area contributed by atoms with Crippen molar-refractivity contribution in [1.29, 1.82) is 0 Å². The molecule has 12 aromatic carbocycles. The van der Waals surface area contributed by atoms with Gasteiger partial charge in [-0.25, -0.2) is 0 Å². The minimum Gasteiger partial charge on any atom is -0.493 e. The molecule has 0 fully saturated rings. The van der Waals surface area contributed by atoms with Crippen LogP contribution in [0.1, 0.15) is 66.8 Å². The number of hydrogen-bond acceptors (Lipinski definition) is 7. The summed E-state index contributed by atoms with van der Waals surface area (Å²) in [6.45, 7) is 19.8. The standard InChI is InChI=1S/C87H75N7.Ir/c1-61-16-13-17-62(2)85(61)91-58-88(79-22-7-10-25-82(79)91)73-46-34-67(35-47-73)28-31-70-40-52-76(53-41-70)94(77-54-42-71(43-55-77)32-29-68-36-48-74(49-37-68)89-59-92(83-26-11-8-23-80(83)89)86-63(3)18-14-19-64(86)4)78-56-44-72(45-57-78)33-30-69-38-50-75(51-39-69)90-60-93(84-27-12-9-24-81(84)90)87-65(5)20-15-21-66(87)6;/h7-27,34-46,48,50,52-60H,28-33H2,1-6H3;/q-6;. The molecule has 0 atom stereocenters. The molecule has 0 unspecified atom stereocenters. The number of nitrogens with zero attached hydrogens (tertiary/aromatic N) is 7. The van der Waals surface area contributed by atoms with Gasteiger partial charge in [0, 0.05) is 88.4 Å². The normalized spacial score (nSPS) is 13.1. The topological polar surface area (TPSA) is 22.7 Å². The van der Waals surface area contributed by atoms with Gasteiger partial charge in [0.1, 0.15) is 0 Å². The van der Waals surface area contributed by atoms with Crippen molar-refractivity contribution in [3.63, 3.8) is 0 Å². The van der Waals surface area contributed by atoms with Crippen molar-refractivity contribution >= 4 is 85.3 Å². The zero-order valence-corrected chi connectivity index (χ0v) is 57.1. The van der Waals surface area contributed by atoms with Crippen LogP contribution in [0.3, 0.4) is 0 Å². The Morgan fingerprint density at radius 1 is 0.253 bits per heavy atom. The molecule has 0 saturated heterocycles. The fraction of sp³-hybridized carbons (Fsp3) is 0.138. The third-order valence-electron chi connectivity index (χ3n) is 19.0. The first-order chi connectivity index (χ1) is 46.1. The van der Waals surface area contributed by atoms with E-state index in [1.165, 1.54) is 101 Å². The molecule has 0 amide bonds. The van der Waals surface area contributed by atoms with Crippen molar-refractivity contribution in [3.8, 4) is 0 Å². The van der Waals surface area contributed by atoms with Gasteiger partial charge in [0.05, 0.1) is 0 Å². The van der Waals surface area contributed by atoms with E-state index in [9.17, 15) is 0 Å². The van der Waals surface area contributed by atoms with Crippen molar-refractivity contribution in [2.24, 2.45) is 0 Å². The molecular formula is C87H75IrN7-6. The monoisotopic (exact) mass is 1410 g/mol. The Balaban J connectivity index is 0.00000778. The van der Waals surface area contributed by atoms with Gasteiger partial charge in [-0.3, -0.25) is 0 Å². The Kier molecular flexibility index (Phi) is 17.8. The largest absolute Gasteiger partial charge is 0.493 e. The van der Waals surface area contributed by atoms with Crippen LogP contribution in [0.25, 0.3) is 0 Å². The number of aryl methyl sites for hydroxylation is 12. The van der Waals surface area contributed by atoms with Gasteiger partial charge < -0.3 is 34.3 Å². The van der Waals surface area contributed by atoms with Gasteiger partial charge in [0.2, 0.25) is 0 Å². The number of anilines is 15. The maximum atomic E-state index is 3.65. The first-order valence-electron chi connectivity index (χ1n) is 32.9. The second-order valence-corrected chi connectivity index (χ2v) is 25.3. The van der Waals surface area contributed by atoms with Crippen LogP contribution in [0.2, 0.25) is 0 Å². The van der Waals surface area contributed by atoms with Crippen molar-refractivity contribution in [3.05, 3.63) is 360 Å². The van der Waals surface area contributed by atoms with Gasteiger partial charge in [-0.1, -0.05) is 147 Å². The SMILES string of the molecule is Cc1cccc(C)c1N1[CH-]N(c2[c-]cc(CCc3ccc(N(c4ccc(CCc5c[c-]c(N6[CH-]N(c7c(C)cccc7C)c7ccccc76)cc5)cc4)c4ccc(CCc5c[c-]c(N6[CH-]N(c7c(C)cccc7C)c7ccccc76)cc5)cc4)cc3)cc2)c2ccccc21.[Ir]. The summed E-state index contributed by atoms with van der Waals surface area (Å²) < 4.78 is 0. The van der Waals surface area contributed by atoms with E-state index in [0.29, 0.717) is 0 Å². The Hall–Kier alpha value is -10.1. The average molecular weight is 1410 g/mol. The van der Waals surface area contributed by atoms with E-state index in [4.69, 9.17) is 0 Å². The molecule has 12 aromatic rings. The Labute approximate surface area is 575 Å². The molecule has 0 spiro atoms. The van der Waals surface area contributed by atoms with Crippen molar-refractivity contribution in [2.45, 2.75) is 80.1 Å². The van der Waals surface area contributed by atoms with E-state index >= 15 is 0 Å². The van der Waals surface area contributed by atoms with Crippen LogP contribution < -0.4 is 34.3 Å². The summed E-state index contributed by atoms with van der Waals surface area (Å²) in [5.74, 6) is 0. The molecule has 0 bridgehead atoms. The van der Waals surface area contributed by atoms with Gasteiger partial charge in [-0.15, -0.1) is 55.3 Å². The van der Waals surface area contributed by atoms with Gasteiger partial charge in [0.25, 0.3) is 0 Å². The van der Waals surface area contributed by atoms with E-state index in [-0.39, 0.29) is 20.1 Å². The Morgan fingerprint density at radius 2 is 0.474 bits per heavy atom. The minimum absolute atomic E-state index is 0. The molecule has 3 aliphatic heterocycles. The van der Waals surface area contributed by atoms with Crippen LogP contribution in [0.5, 0.6) is 0 Å². The fourth-order valence-corrected chi connectivity index (χ4v) is 14.0. The Morgan fingerprint density at radius 3 is 0.705 bits per heavy atom. The predicted molar refractivity (Wildman–Crippen MR) is 392 cm³/mol. The number of para-hydroxylation sites is 9. The van der Waals surface area contributed by atoms with Gasteiger partial charge in [-0.2, -0.15) is 71.3 Å². The molecule has 7 nitrogen and oxygen atoms in total. The summed E-state index contributed by atoms with van der Waals surface area (Å²) in [5, 5.41) is 0. The first-order valence-corrected chi connectivity index (χ1v) is 32.9. The van der Waals surface area contributed by atoms with Crippen LogP contribution in [-0.2, 0) is 58.6 Å². The summed E-state index contributed by atoms with van der Waals surface area (Å²) in [4.78, 5) is 16.1. The molecule has 15 rings (SSSR count). The van der Waals surface area contributed by atoms with Crippen molar-refractivity contribution < 1.29 is 20.1 Å². The van der Waals surface area contributed by atoms with E-state index in [2.05, 4.69) is 369 Å². The van der Waals surface area contributed by atoms with Gasteiger partial charge >= 0.3 is 0 Å². The van der Waals surface area contributed by atoms with Crippen LogP contribution in [0, 0.1) is 79.7 Å². The van der Waals surface area contributed by atoms with E-state index in [1.54, 1.807) is 0 Å². The molecule has 0 aliphatic carbocycles. The second-order valence-electron chi connectivity index (χ2n) is 25.3. The first kappa shape index (κ1) is 62.3. The van der Waals surface area contributed by atoms with Crippen LogP contribution in [0.15, 0.2) is 255 Å². The average Bonchev–Trinajstić information content (AvgIpc) is 1.35. The van der Waals surface area contributed by atoms with E-state index in [1.807, 2.05) is 0 Å². The molecule has 0 aromatic heterocycles. The maximum absolute atomic E-state index is 3.65. The smallest absolute Gasteiger partial charge is 0.0461 e. The quantitative estimate of drug-likeness (QED) is 0.0789. The molecule has 473 valence electrons. The minimum atomic E-state index is 0. The number of fused-ring (bicyclic) bond motifs is 3. The van der Waals surface area contributed by atoms with Gasteiger partial charge in [-0.05, 0) is 184 Å². The van der Waals surface area contributed by atoms with Crippen LogP contribution >= 0.6 is 0 Å². The fourth-order valence-electron chi connectivity index (χ4n) is 14.0. The Bertz CT molecular complexity index is 4140. The molecule has 3 heterocycles. The van der Waals surface area contributed by atoms with Gasteiger partial charge in [0.15, 0.2) is 0 Å². The van der Waals surface area contributed by atoms with Crippen LogP contribution in [0.4, 0.5) is 85.3 Å². The number of rotatable bonds is 18. The van der Waals surface area contributed by atoms with E-state index in [0.717, 1.165) is 89.7 Å². The second kappa shape index (κ2) is 27.1. The maximum Gasteiger partial charge on any atom is 0.0461 e. The van der Waals surface area contributed by atoms with E-state index < -0.39 is 0 Å². The zero-order chi connectivity index (χ0) is 63.8. The molecule has 0 N–H and O–H groups in total. The number of hydrogen-bond donors (Lipinski definition) is 0. The van der Waals surface area contributed by atoms with Crippen LogP contribution in [-0.4, -0.2) is 0 Å². The summed E-state index contributed by atoms with van der Waals surface area (Å²) in [5.41, 5.74) is 32.3. The van der Waals surface area contributed by atoms with Crippen molar-refractivity contribution in [1.82, 2.24) is 0 Å². The summed E-state index contributed by atoms with van der Waals surface area (Å²) in [6, 6.07) is 104. The van der Waals surface area contributed by atoms with Crippen molar-refractivity contribution in [2.75, 3.05) is 34.3 Å². The zero-order valence-electron chi connectivity index (χ0n) is 54.7. The predicted octanol–water partition coefficient (Wildman–Crippen LogP) is 22.0. The molecule has 95 heavy (non-hydrogen) atoms.